The molecule has 74 valence electrons. The summed E-state index contributed by atoms with van der Waals surface area (Å²) >= 11 is 1.57. The molecular formula is C10H12N2OS. The summed E-state index contributed by atoms with van der Waals surface area (Å²) in [5, 5.41) is 3.17. The fraction of sp³-hybridized carbons (Fsp3) is 0.300. The van der Waals surface area contributed by atoms with Gasteiger partial charge in [0.25, 0.3) is 5.91 Å². The molecule has 1 fully saturated rings. The monoisotopic (exact) mass is 208 g/mol. The van der Waals surface area contributed by atoms with Crippen molar-refractivity contribution in [3.05, 3.63) is 35.9 Å². The zero-order valence-electron chi connectivity index (χ0n) is 7.69. The molecule has 1 aromatic carbocycles. The van der Waals surface area contributed by atoms with Crippen LogP contribution < -0.4 is 11.1 Å². The molecule has 14 heavy (non-hydrogen) atoms. The maximum absolute atomic E-state index is 11.5. The zero-order valence-corrected chi connectivity index (χ0v) is 8.51. The highest BCUT2D eigenvalue weighted by molar-refractivity contribution is 8.01. The molecule has 0 aliphatic carbocycles. The van der Waals surface area contributed by atoms with Gasteiger partial charge in [-0.25, -0.2) is 0 Å². The standard InChI is InChI=1S/C10H12N2OS/c11-9(13)10(12-6-7-14-10)8-4-2-1-3-5-8/h1-5,12H,6-7H2,(H2,11,13). The van der Waals surface area contributed by atoms with Gasteiger partial charge in [0.2, 0.25) is 0 Å². The third kappa shape index (κ3) is 1.40. The molecule has 1 aliphatic heterocycles. The largest absolute Gasteiger partial charge is 0.367 e. The lowest BCUT2D eigenvalue weighted by Crippen LogP contribution is -2.46. The van der Waals surface area contributed by atoms with Crippen LogP contribution >= 0.6 is 11.8 Å². The van der Waals surface area contributed by atoms with Crippen LogP contribution in [0.5, 0.6) is 0 Å². The number of carbonyl (C=O) groups is 1. The van der Waals surface area contributed by atoms with Crippen LogP contribution in [0.25, 0.3) is 0 Å². The third-order valence-corrected chi connectivity index (χ3v) is 3.74. The van der Waals surface area contributed by atoms with E-state index in [2.05, 4.69) is 5.32 Å². The van der Waals surface area contributed by atoms with Crippen LogP contribution in [0, 0.1) is 0 Å². The molecule has 0 aromatic heterocycles. The number of rotatable bonds is 2. The summed E-state index contributed by atoms with van der Waals surface area (Å²) in [5.41, 5.74) is 6.38. The Balaban J connectivity index is 2.42. The Hall–Kier alpha value is -1.00. The second-order valence-corrected chi connectivity index (χ2v) is 4.50. The van der Waals surface area contributed by atoms with Crippen molar-refractivity contribution in [2.75, 3.05) is 12.3 Å². The lowest BCUT2D eigenvalue weighted by molar-refractivity contribution is -0.121. The van der Waals surface area contributed by atoms with Crippen LogP contribution in [-0.4, -0.2) is 18.2 Å². The Morgan fingerprint density at radius 1 is 1.43 bits per heavy atom. The van der Waals surface area contributed by atoms with Gasteiger partial charge in [0.1, 0.15) is 0 Å². The predicted molar refractivity (Wildman–Crippen MR) is 57.8 cm³/mol. The lowest BCUT2D eigenvalue weighted by Gasteiger charge is -2.24. The molecule has 3 nitrogen and oxygen atoms in total. The number of thioether (sulfide) groups is 1. The smallest absolute Gasteiger partial charge is 0.252 e. The molecule has 1 aliphatic rings. The molecule has 0 spiro atoms. The minimum absolute atomic E-state index is 0.314. The van der Waals surface area contributed by atoms with Gasteiger partial charge in [-0.05, 0) is 5.56 Å². The normalized spacial score (nSPS) is 26.3. The average molecular weight is 208 g/mol. The van der Waals surface area contributed by atoms with Gasteiger partial charge >= 0.3 is 0 Å². The van der Waals surface area contributed by atoms with Crippen LogP contribution in [0.3, 0.4) is 0 Å². The molecule has 1 aromatic rings. The van der Waals surface area contributed by atoms with Crippen molar-refractivity contribution in [2.45, 2.75) is 4.87 Å². The summed E-state index contributed by atoms with van der Waals surface area (Å²) in [7, 11) is 0. The van der Waals surface area contributed by atoms with E-state index in [1.807, 2.05) is 30.3 Å². The second kappa shape index (κ2) is 3.63. The van der Waals surface area contributed by atoms with E-state index in [0.717, 1.165) is 17.9 Å². The van der Waals surface area contributed by atoms with E-state index in [1.54, 1.807) is 11.8 Å². The van der Waals surface area contributed by atoms with E-state index in [4.69, 9.17) is 5.73 Å². The van der Waals surface area contributed by atoms with E-state index < -0.39 is 4.87 Å². The van der Waals surface area contributed by atoms with Crippen LogP contribution in [0.1, 0.15) is 5.56 Å². The Kier molecular flexibility index (Phi) is 2.48. The van der Waals surface area contributed by atoms with Gasteiger partial charge in [-0.15, -0.1) is 11.8 Å². The maximum atomic E-state index is 11.5. The van der Waals surface area contributed by atoms with Crippen LogP contribution in [0.2, 0.25) is 0 Å². The molecule has 1 saturated heterocycles. The van der Waals surface area contributed by atoms with Crippen molar-refractivity contribution in [1.29, 1.82) is 0 Å². The number of benzene rings is 1. The number of primary amides is 1. The molecule has 2 rings (SSSR count). The number of carbonyl (C=O) groups excluding carboxylic acids is 1. The van der Waals surface area contributed by atoms with E-state index >= 15 is 0 Å². The van der Waals surface area contributed by atoms with Crippen LogP contribution in [-0.2, 0) is 9.67 Å². The molecule has 4 heteroatoms. The summed E-state index contributed by atoms with van der Waals surface area (Å²) in [4.78, 5) is 10.8. The van der Waals surface area contributed by atoms with Gasteiger partial charge in [-0.1, -0.05) is 30.3 Å². The van der Waals surface area contributed by atoms with Crippen molar-refractivity contribution in [1.82, 2.24) is 5.32 Å². The second-order valence-electron chi connectivity index (χ2n) is 3.19. The highest BCUT2D eigenvalue weighted by atomic mass is 32.2. The van der Waals surface area contributed by atoms with Gasteiger partial charge in [-0.3, -0.25) is 10.1 Å². The topological polar surface area (TPSA) is 55.1 Å². The number of hydrogen-bond acceptors (Lipinski definition) is 3. The van der Waals surface area contributed by atoms with Crippen LogP contribution in [0.15, 0.2) is 30.3 Å². The van der Waals surface area contributed by atoms with Crippen molar-refractivity contribution in [3.8, 4) is 0 Å². The first-order valence-electron chi connectivity index (χ1n) is 4.50. The molecule has 0 bridgehead atoms. The van der Waals surface area contributed by atoms with E-state index in [1.165, 1.54) is 0 Å². The van der Waals surface area contributed by atoms with Crippen molar-refractivity contribution in [2.24, 2.45) is 5.73 Å². The summed E-state index contributed by atoms with van der Waals surface area (Å²) in [6, 6.07) is 9.62. The van der Waals surface area contributed by atoms with Crippen molar-refractivity contribution >= 4 is 17.7 Å². The van der Waals surface area contributed by atoms with Gasteiger partial charge in [0.15, 0.2) is 4.87 Å². The van der Waals surface area contributed by atoms with Gasteiger partial charge in [-0.2, -0.15) is 0 Å². The molecular weight excluding hydrogens is 196 g/mol. The fourth-order valence-corrected chi connectivity index (χ4v) is 2.80. The zero-order chi connectivity index (χ0) is 10.0. The fourth-order valence-electron chi connectivity index (χ4n) is 1.64. The Morgan fingerprint density at radius 3 is 2.64 bits per heavy atom. The number of nitrogens with one attached hydrogen (secondary N) is 1. The highest BCUT2D eigenvalue weighted by Crippen LogP contribution is 2.36. The van der Waals surface area contributed by atoms with Gasteiger partial charge in [0.05, 0.1) is 0 Å². The molecule has 0 saturated carbocycles. The summed E-state index contributed by atoms with van der Waals surface area (Å²) in [6.07, 6.45) is 0. The van der Waals surface area contributed by atoms with E-state index in [9.17, 15) is 4.79 Å². The molecule has 1 unspecified atom stereocenters. The SMILES string of the molecule is NC(=O)C1(c2ccccc2)NCCS1. The lowest BCUT2D eigenvalue weighted by atomic mass is 10.1. The van der Waals surface area contributed by atoms with Crippen LogP contribution in [0.4, 0.5) is 0 Å². The summed E-state index contributed by atoms with van der Waals surface area (Å²) in [5.74, 6) is 0.601. The highest BCUT2D eigenvalue weighted by Gasteiger charge is 2.41. The Morgan fingerprint density at radius 2 is 2.14 bits per heavy atom. The maximum Gasteiger partial charge on any atom is 0.252 e. The molecule has 1 amide bonds. The molecule has 1 heterocycles. The first-order valence-corrected chi connectivity index (χ1v) is 5.49. The Bertz CT molecular complexity index is 333. The van der Waals surface area contributed by atoms with Crippen molar-refractivity contribution < 1.29 is 4.79 Å². The van der Waals surface area contributed by atoms with E-state index in [-0.39, 0.29) is 5.91 Å². The van der Waals surface area contributed by atoms with Gasteiger partial charge in [0, 0.05) is 12.3 Å². The third-order valence-electron chi connectivity index (χ3n) is 2.32. The summed E-state index contributed by atoms with van der Waals surface area (Å²) < 4.78 is 0. The first kappa shape index (κ1) is 9.55. The molecule has 3 N–H and O–H groups in total. The number of amides is 1. The minimum atomic E-state index is -0.707. The average Bonchev–Trinajstić information content (AvgIpc) is 2.69. The summed E-state index contributed by atoms with van der Waals surface area (Å²) in [6.45, 7) is 0.822. The number of hydrogen-bond donors (Lipinski definition) is 2. The minimum Gasteiger partial charge on any atom is -0.367 e. The van der Waals surface area contributed by atoms with Crippen molar-refractivity contribution in [3.63, 3.8) is 0 Å². The molecule has 0 radical (unpaired) electrons. The Labute approximate surface area is 87.1 Å². The van der Waals surface area contributed by atoms with Gasteiger partial charge < -0.3 is 5.73 Å². The quantitative estimate of drug-likeness (QED) is 0.750. The molecule has 1 atom stereocenters. The predicted octanol–water partition coefficient (Wildman–Crippen LogP) is 0.661. The van der Waals surface area contributed by atoms with E-state index in [0.29, 0.717) is 0 Å². The number of nitrogens with two attached hydrogens (primary N) is 1. The first-order chi connectivity index (χ1) is 6.76.